The molecule has 5 rings (SSSR count). The molecule has 1 N–H and O–H groups in total. The zero-order valence-electron chi connectivity index (χ0n) is 20.9. The van der Waals surface area contributed by atoms with Crippen LogP contribution >= 0.6 is 27.3 Å². The predicted molar refractivity (Wildman–Crippen MR) is 150 cm³/mol. The summed E-state index contributed by atoms with van der Waals surface area (Å²) >= 11 is 4.51. The van der Waals surface area contributed by atoms with Crippen LogP contribution in [0.15, 0.2) is 86.6 Å². The number of carbonyl (C=O) groups is 1. The lowest BCUT2D eigenvalue weighted by Gasteiger charge is -2.25. The molecule has 3 aromatic carbocycles. The first kappa shape index (κ1) is 26.6. The number of nitrogens with zero attached hydrogens (tertiary/aromatic N) is 2. The molecule has 1 aliphatic heterocycles. The highest BCUT2D eigenvalue weighted by atomic mass is 79.9. The molecule has 198 valence electrons. The van der Waals surface area contributed by atoms with Crippen molar-refractivity contribution in [2.75, 3.05) is 13.7 Å². The molecule has 0 aliphatic carbocycles. The highest BCUT2D eigenvalue weighted by molar-refractivity contribution is 9.10. The van der Waals surface area contributed by atoms with Crippen molar-refractivity contribution < 1.29 is 23.8 Å². The molecule has 7 nitrogen and oxygen atoms in total. The molecule has 4 aromatic rings. The van der Waals surface area contributed by atoms with E-state index in [2.05, 4.69) is 15.9 Å². The SMILES string of the molecule is CCOC(=O)C1=C(c2ccccc2)N=c2s/c(=C\c3cc(Br)cc(OC)c3O)c(=O)n2[C@@H]1c1ccc(F)cc1. The van der Waals surface area contributed by atoms with Crippen LogP contribution in [0.25, 0.3) is 11.8 Å². The van der Waals surface area contributed by atoms with E-state index in [1.807, 2.05) is 30.3 Å². The number of aromatic hydroxyl groups is 1. The maximum atomic E-state index is 13.9. The second-order valence-electron chi connectivity index (χ2n) is 8.53. The normalized spacial score (nSPS) is 15.1. The van der Waals surface area contributed by atoms with Crippen molar-refractivity contribution in [3.8, 4) is 11.5 Å². The van der Waals surface area contributed by atoms with Crippen LogP contribution in [0.2, 0.25) is 0 Å². The summed E-state index contributed by atoms with van der Waals surface area (Å²) in [4.78, 5) is 32.4. The van der Waals surface area contributed by atoms with E-state index in [0.29, 0.717) is 31.7 Å². The fraction of sp³-hybridized carbons (Fsp3) is 0.138. The van der Waals surface area contributed by atoms with Crippen molar-refractivity contribution in [3.05, 3.63) is 119 Å². The van der Waals surface area contributed by atoms with Gasteiger partial charge in [-0.2, -0.15) is 0 Å². The molecule has 39 heavy (non-hydrogen) atoms. The highest BCUT2D eigenvalue weighted by Crippen LogP contribution is 2.36. The monoisotopic (exact) mass is 608 g/mol. The average Bonchev–Trinajstić information content (AvgIpc) is 3.25. The summed E-state index contributed by atoms with van der Waals surface area (Å²) < 4.78 is 26.9. The van der Waals surface area contributed by atoms with Crippen molar-refractivity contribution in [2.24, 2.45) is 4.99 Å². The smallest absolute Gasteiger partial charge is 0.338 e. The van der Waals surface area contributed by atoms with Gasteiger partial charge in [0.15, 0.2) is 16.3 Å². The fourth-order valence-corrected chi connectivity index (χ4v) is 5.85. The number of hydrogen-bond donors (Lipinski definition) is 1. The van der Waals surface area contributed by atoms with Crippen molar-refractivity contribution in [2.45, 2.75) is 13.0 Å². The van der Waals surface area contributed by atoms with Crippen LogP contribution in [0.3, 0.4) is 0 Å². The maximum Gasteiger partial charge on any atom is 0.338 e. The molecule has 0 saturated heterocycles. The number of rotatable bonds is 6. The molecule has 0 saturated carbocycles. The van der Waals surface area contributed by atoms with Crippen LogP contribution in [0, 0.1) is 5.82 Å². The van der Waals surface area contributed by atoms with E-state index in [4.69, 9.17) is 14.5 Å². The number of carbonyl (C=O) groups excluding carboxylic acids is 1. The molecule has 10 heteroatoms. The summed E-state index contributed by atoms with van der Waals surface area (Å²) in [5.41, 5.74) is 1.64. The maximum absolute atomic E-state index is 13.9. The average molecular weight is 609 g/mol. The van der Waals surface area contributed by atoms with Gasteiger partial charge in [-0.05, 0) is 42.8 Å². The van der Waals surface area contributed by atoms with E-state index in [1.165, 1.54) is 35.9 Å². The first-order valence-corrected chi connectivity index (χ1v) is 13.5. The van der Waals surface area contributed by atoms with Gasteiger partial charge in [0.05, 0.1) is 35.6 Å². The number of aromatic nitrogens is 1. The van der Waals surface area contributed by atoms with Crippen molar-refractivity contribution >= 4 is 45.0 Å². The zero-order chi connectivity index (χ0) is 27.7. The van der Waals surface area contributed by atoms with Crippen LogP contribution in [0.1, 0.15) is 29.7 Å². The van der Waals surface area contributed by atoms with Crippen molar-refractivity contribution in [3.63, 3.8) is 0 Å². The number of thiazole rings is 1. The Morgan fingerprint density at radius 3 is 2.56 bits per heavy atom. The Kier molecular flexibility index (Phi) is 7.49. The minimum absolute atomic E-state index is 0.120. The van der Waals surface area contributed by atoms with E-state index in [0.717, 1.165) is 11.3 Å². The predicted octanol–water partition coefficient (Wildman–Crippen LogP) is 4.55. The second-order valence-corrected chi connectivity index (χ2v) is 10.5. The van der Waals surface area contributed by atoms with Crippen molar-refractivity contribution in [1.29, 1.82) is 0 Å². The highest BCUT2D eigenvalue weighted by Gasteiger charge is 2.35. The number of phenols is 1. The molecule has 0 bridgehead atoms. The minimum Gasteiger partial charge on any atom is -0.504 e. The zero-order valence-corrected chi connectivity index (χ0v) is 23.3. The van der Waals surface area contributed by atoms with Gasteiger partial charge in [0.25, 0.3) is 5.56 Å². The third-order valence-electron chi connectivity index (χ3n) is 6.14. The quantitative estimate of drug-likeness (QED) is 0.324. The third-order valence-corrected chi connectivity index (χ3v) is 7.58. The Morgan fingerprint density at radius 1 is 1.18 bits per heavy atom. The van der Waals surface area contributed by atoms with Gasteiger partial charge in [-0.25, -0.2) is 14.2 Å². The Morgan fingerprint density at radius 2 is 1.90 bits per heavy atom. The summed E-state index contributed by atoms with van der Waals surface area (Å²) in [5.74, 6) is -0.962. The van der Waals surface area contributed by atoms with Crippen LogP contribution in [0.5, 0.6) is 11.5 Å². The van der Waals surface area contributed by atoms with Gasteiger partial charge in [-0.15, -0.1) is 0 Å². The summed E-state index contributed by atoms with van der Waals surface area (Å²) in [6, 6.07) is 17.1. The summed E-state index contributed by atoms with van der Waals surface area (Å²) in [6.07, 6.45) is 1.55. The molecular weight excluding hydrogens is 587 g/mol. The van der Waals surface area contributed by atoms with Crippen LogP contribution in [-0.4, -0.2) is 29.4 Å². The molecule has 0 radical (unpaired) electrons. The van der Waals surface area contributed by atoms with E-state index in [9.17, 15) is 19.1 Å². The van der Waals surface area contributed by atoms with E-state index < -0.39 is 23.4 Å². The largest absolute Gasteiger partial charge is 0.504 e. The Labute approximate surface area is 234 Å². The van der Waals surface area contributed by atoms with Crippen LogP contribution in [-0.2, 0) is 9.53 Å². The molecular formula is C29H22BrFN2O5S. The lowest BCUT2D eigenvalue weighted by Crippen LogP contribution is -2.40. The summed E-state index contributed by atoms with van der Waals surface area (Å²) in [7, 11) is 1.43. The minimum atomic E-state index is -0.927. The first-order valence-electron chi connectivity index (χ1n) is 11.9. The van der Waals surface area contributed by atoms with Gasteiger partial charge in [0, 0.05) is 15.6 Å². The van der Waals surface area contributed by atoms with Gasteiger partial charge in [0.1, 0.15) is 5.82 Å². The number of fused-ring (bicyclic) bond motifs is 1. The van der Waals surface area contributed by atoms with Gasteiger partial charge < -0.3 is 14.6 Å². The molecule has 0 unspecified atom stereocenters. The summed E-state index contributed by atoms with van der Waals surface area (Å²) in [6.45, 7) is 1.82. The fourth-order valence-electron chi connectivity index (χ4n) is 4.40. The number of benzene rings is 3. The molecule has 0 amide bonds. The number of hydrogen-bond acceptors (Lipinski definition) is 7. The van der Waals surface area contributed by atoms with Gasteiger partial charge >= 0.3 is 5.97 Å². The number of phenolic OH excluding ortho intramolecular Hbond substituents is 1. The number of ether oxygens (including phenoxy) is 2. The standard InChI is InChI=1S/C29H22BrFN2O5S/c1-3-38-28(36)23-24(16-7-5-4-6-8-16)32-29-33(25(23)17-9-11-20(31)12-10-17)27(35)22(39-29)14-18-13-19(30)15-21(37-2)26(18)34/h4-15,25,34H,3H2,1-2H3/b22-14-/t25-/m1/s1. The second kappa shape index (κ2) is 11.0. The number of halogens is 2. The Hall–Kier alpha value is -4.02. The molecule has 1 aliphatic rings. The topological polar surface area (TPSA) is 90.1 Å². The van der Waals surface area contributed by atoms with Gasteiger partial charge in [-0.3, -0.25) is 9.36 Å². The summed E-state index contributed by atoms with van der Waals surface area (Å²) in [5, 5.41) is 10.7. The van der Waals surface area contributed by atoms with Gasteiger partial charge in [0.2, 0.25) is 0 Å². The van der Waals surface area contributed by atoms with E-state index >= 15 is 0 Å². The Bertz CT molecular complexity index is 1780. The molecule has 2 heterocycles. The molecule has 1 atom stereocenters. The lowest BCUT2D eigenvalue weighted by molar-refractivity contribution is -0.138. The Balaban J connectivity index is 1.84. The number of methoxy groups -OCH3 is 1. The van der Waals surface area contributed by atoms with Crippen LogP contribution in [0.4, 0.5) is 4.39 Å². The van der Waals surface area contributed by atoms with Crippen LogP contribution < -0.4 is 19.6 Å². The van der Waals surface area contributed by atoms with Crippen molar-refractivity contribution in [1.82, 2.24) is 4.57 Å². The van der Waals surface area contributed by atoms with Gasteiger partial charge in [-0.1, -0.05) is 69.7 Å². The first-order chi connectivity index (χ1) is 18.8. The molecule has 0 fully saturated rings. The lowest BCUT2D eigenvalue weighted by atomic mass is 9.93. The number of esters is 1. The molecule has 0 spiro atoms. The van der Waals surface area contributed by atoms with E-state index in [-0.39, 0.29) is 28.2 Å². The third kappa shape index (κ3) is 5.05. The molecule has 1 aromatic heterocycles. The van der Waals surface area contributed by atoms with E-state index in [1.54, 1.807) is 25.1 Å².